The van der Waals surface area contributed by atoms with E-state index in [1.165, 1.54) is 22.3 Å². The molecule has 6 nitrogen and oxygen atoms in total. The van der Waals surface area contributed by atoms with E-state index in [1.807, 2.05) is 50.2 Å². The first-order chi connectivity index (χ1) is 16.8. The van der Waals surface area contributed by atoms with E-state index in [0.29, 0.717) is 17.5 Å². The van der Waals surface area contributed by atoms with Gasteiger partial charge in [0.1, 0.15) is 5.04 Å². The third-order valence-corrected chi connectivity index (χ3v) is 7.19. The van der Waals surface area contributed by atoms with Crippen LogP contribution < -0.4 is 0 Å². The summed E-state index contributed by atoms with van der Waals surface area (Å²) in [6.07, 6.45) is 2.40. The van der Waals surface area contributed by atoms with Crippen molar-refractivity contribution in [3.8, 4) is 5.69 Å². The Morgan fingerprint density at radius 3 is 2.46 bits per heavy atom. The summed E-state index contributed by atoms with van der Waals surface area (Å²) in [4.78, 5) is 17.1. The molecule has 0 bridgehead atoms. The molecule has 0 saturated carbocycles. The van der Waals surface area contributed by atoms with Gasteiger partial charge in [0.05, 0.1) is 5.57 Å². The van der Waals surface area contributed by atoms with Gasteiger partial charge in [-0.05, 0) is 72.5 Å². The molecule has 7 heteroatoms. The van der Waals surface area contributed by atoms with Crippen LogP contribution in [0.15, 0.2) is 76.3 Å². The van der Waals surface area contributed by atoms with Gasteiger partial charge in [0.2, 0.25) is 5.17 Å². The van der Waals surface area contributed by atoms with Gasteiger partial charge < -0.3 is 4.57 Å². The first-order valence-corrected chi connectivity index (χ1v) is 12.5. The average molecular weight is 482 g/mol. The van der Waals surface area contributed by atoms with Crippen LogP contribution in [0.2, 0.25) is 0 Å². The van der Waals surface area contributed by atoms with Gasteiger partial charge in [0.15, 0.2) is 5.84 Å². The van der Waals surface area contributed by atoms with Crippen LogP contribution >= 0.6 is 11.8 Å². The number of benzene rings is 2. The van der Waals surface area contributed by atoms with Crippen LogP contribution in [0.4, 0.5) is 0 Å². The number of hydrogen-bond acceptors (Lipinski definition) is 4. The van der Waals surface area contributed by atoms with E-state index in [0.717, 1.165) is 33.2 Å². The molecule has 35 heavy (non-hydrogen) atoms. The fourth-order valence-electron chi connectivity index (χ4n) is 4.37. The number of amidine groups is 2. The predicted molar refractivity (Wildman–Crippen MR) is 144 cm³/mol. The zero-order valence-corrected chi connectivity index (χ0v) is 21.1. The number of carbonyl (C=O) groups is 1. The highest BCUT2D eigenvalue weighted by atomic mass is 32.2. The lowest BCUT2D eigenvalue weighted by atomic mass is 10.0. The average Bonchev–Trinajstić information content (AvgIpc) is 3.36. The SMILES string of the molecule is Cc1cc(/C=C2\C(=N)N3N=C(Cc4ccccc4)SC3=NC2=O)c(C)n1-c1ccc(C(C)C)cc1. The quantitative estimate of drug-likeness (QED) is 0.449. The van der Waals surface area contributed by atoms with Gasteiger partial charge in [-0.15, -0.1) is 0 Å². The number of aryl methyl sites for hydroxylation is 1. The van der Waals surface area contributed by atoms with Crippen LogP contribution in [0.3, 0.4) is 0 Å². The molecule has 0 aliphatic carbocycles. The molecule has 0 radical (unpaired) electrons. The Kier molecular flexibility index (Phi) is 6.03. The maximum absolute atomic E-state index is 12.9. The van der Waals surface area contributed by atoms with E-state index >= 15 is 0 Å². The lowest BCUT2D eigenvalue weighted by Crippen LogP contribution is -2.35. The molecule has 0 atom stereocenters. The zero-order valence-electron chi connectivity index (χ0n) is 20.2. The highest BCUT2D eigenvalue weighted by Gasteiger charge is 2.35. The van der Waals surface area contributed by atoms with E-state index < -0.39 is 5.91 Å². The van der Waals surface area contributed by atoms with Crippen molar-refractivity contribution in [1.29, 1.82) is 5.41 Å². The second-order valence-electron chi connectivity index (χ2n) is 9.08. The highest BCUT2D eigenvalue weighted by molar-refractivity contribution is 8.26. The lowest BCUT2D eigenvalue weighted by molar-refractivity contribution is -0.114. The smallest absolute Gasteiger partial charge is 0.283 e. The normalized spacial score (nSPS) is 16.7. The Hall–Kier alpha value is -3.71. The topological polar surface area (TPSA) is 73.8 Å². The molecule has 1 N–H and O–H groups in total. The standard InChI is InChI=1S/C28H27N5OS/c1-17(2)21-10-12-23(13-11-21)32-18(3)14-22(19(32)4)16-24-26(29)33-28(30-27(24)34)35-25(31-33)15-20-8-6-5-7-9-20/h5-14,16-17,29H,15H2,1-4H3/b24-16+,29-26?. The Balaban J connectivity index is 1.44. The summed E-state index contributed by atoms with van der Waals surface area (Å²) in [6, 6.07) is 20.6. The number of aliphatic imine (C=N–C) groups is 1. The first kappa shape index (κ1) is 23.1. The van der Waals surface area contributed by atoms with Crippen molar-refractivity contribution < 1.29 is 4.79 Å². The molecule has 0 saturated heterocycles. The summed E-state index contributed by atoms with van der Waals surface area (Å²) in [7, 11) is 0. The lowest BCUT2D eigenvalue weighted by Gasteiger charge is -2.20. The second-order valence-corrected chi connectivity index (χ2v) is 10.1. The van der Waals surface area contributed by atoms with Gasteiger partial charge >= 0.3 is 0 Å². The Labute approximate surface area is 209 Å². The first-order valence-electron chi connectivity index (χ1n) is 11.6. The molecular formula is C28H27N5OS. The summed E-state index contributed by atoms with van der Waals surface area (Å²) in [6.45, 7) is 8.45. The van der Waals surface area contributed by atoms with Crippen LogP contribution in [0.25, 0.3) is 11.8 Å². The van der Waals surface area contributed by atoms with Crippen molar-refractivity contribution in [3.63, 3.8) is 0 Å². The molecule has 2 aliphatic rings. The molecule has 0 fully saturated rings. The van der Waals surface area contributed by atoms with Crippen LogP contribution in [0.5, 0.6) is 0 Å². The van der Waals surface area contributed by atoms with E-state index in [-0.39, 0.29) is 11.4 Å². The number of fused-ring (bicyclic) bond motifs is 1. The number of rotatable bonds is 5. The molecule has 0 spiro atoms. The molecule has 2 aliphatic heterocycles. The Bertz CT molecular complexity index is 1410. The molecule has 2 aromatic carbocycles. The van der Waals surface area contributed by atoms with Crippen LogP contribution in [-0.2, 0) is 11.2 Å². The van der Waals surface area contributed by atoms with Gasteiger partial charge in [-0.25, -0.2) is 0 Å². The molecule has 1 aromatic heterocycles. The number of nitrogens with one attached hydrogen (secondary N) is 1. The summed E-state index contributed by atoms with van der Waals surface area (Å²) in [5.41, 5.74) is 6.70. The van der Waals surface area contributed by atoms with Gasteiger partial charge in [0.25, 0.3) is 5.91 Å². The van der Waals surface area contributed by atoms with Gasteiger partial charge in [-0.2, -0.15) is 15.1 Å². The highest BCUT2D eigenvalue weighted by Crippen LogP contribution is 2.31. The molecule has 5 rings (SSSR count). The fourth-order valence-corrected chi connectivity index (χ4v) is 5.29. The molecule has 3 aromatic rings. The van der Waals surface area contributed by atoms with Crippen molar-refractivity contribution in [2.24, 2.45) is 10.1 Å². The minimum atomic E-state index is -0.406. The van der Waals surface area contributed by atoms with E-state index in [2.05, 4.69) is 52.8 Å². The number of aromatic nitrogens is 1. The number of hydrogen-bond donors (Lipinski definition) is 1. The molecular weight excluding hydrogens is 454 g/mol. The minimum Gasteiger partial charge on any atom is -0.318 e. The van der Waals surface area contributed by atoms with Gasteiger partial charge in [-0.1, -0.05) is 56.3 Å². The largest absolute Gasteiger partial charge is 0.318 e. The molecule has 3 heterocycles. The van der Waals surface area contributed by atoms with Crippen LogP contribution in [0, 0.1) is 19.3 Å². The number of thioether (sulfide) groups is 1. The number of hydrazone groups is 1. The van der Waals surface area contributed by atoms with Crippen molar-refractivity contribution >= 4 is 39.8 Å². The number of amides is 1. The maximum Gasteiger partial charge on any atom is 0.283 e. The second kappa shape index (κ2) is 9.15. The fraction of sp³-hybridized carbons (Fsp3) is 0.214. The van der Waals surface area contributed by atoms with E-state index in [4.69, 9.17) is 5.41 Å². The Morgan fingerprint density at radius 2 is 1.77 bits per heavy atom. The van der Waals surface area contributed by atoms with Crippen molar-refractivity contribution in [1.82, 2.24) is 9.58 Å². The van der Waals surface area contributed by atoms with Crippen molar-refractivity contribution in [2.75, 3.05) is 0 Å². The third kappa shape index (κ3) is 4.39. The Morgan fingerprint density at radius 1 is 1.06 bits per heavy atom. The summed E-state index contributed by atoms with van der Waals surface area (Å²) >= 11 is 1.35. The van der Waals surface area contributed by atoms with Gasteiger partial charge in [-0.3, -0.25) is 10.2 Å². The zero-order chi connectivity index (χ0) is 24.7. The van der Waals surface area contributed by atoms with Crippen LogP contribution in [0.1, 0.15) is 47.8 Å². The molecule has 0 unspecified atom stereocenters. The summed E-state index contributed by atoms with van der Waals surface area (Å²) in [5.74, 6) is 0.127. The summed E-state index contributed by atoms with van der Waals surface area (Å²) < 4.78 is 2.17. The van der Waals surface area contributed by atoms with Gasteiger partial charge in [0, 0.05) is 23.5 Å². The number of carbonyl (C=O) groups excluding carboxylic acids is 1. The minimum absolute atomic E-state index is 0.0571. The van der Waals surface area contributed by atoms with Crippen molar-refractivity contribution in [3.05, 3.63) is 94.3 Å². The maximum atomic E-state index is 12.9. The van der Waals surface area contributed by atoms with Crippen molar-refractivity contribution in [2.45, 2.75) is 40.0 Å². The number of nitrogens with zero attached hydrogens (tertiary/aromatic N) is 4. The monoisotopic (exact) mass is 481 g/mol. The predicted octanol–water partition coefficient (Wildman–Crippen LogP) is 6.08. The van der Waals surface area contributed by atoms with Crippen LogP contribution in [-0.4, -0.2) is 31.5 Å². The van der Waals surface area contributed by atoms with E-state index in [1.54, 1.807) is 6.08 Å². The molecule has 176 valence electrons. The summed E-state index contributed by atoms with van der Waals surface area (Å²) in [5, 5.41) is 16.0. The van der Waals surface area contributed by atoms with E-state index in [9.17, 15) is 4.79 Å². The molecule has 1 amide bonds. The third-order valence-electron chi connectivity index (χ3n) is 6.28.